The van der Waals surface area contributed by atoms with Crippen LogP contribution in [-0.4, -0.2) is 28.2 Å². The Bertz CT molecular complexity index is 713. The van der Waals surface area contributed by atoms with Crippen molar-refractivity contribution in [2.24, 2.45) is 35.0 Å². The smallest absolute Gasteiger partial charge is 0.175 e. The van der Waals surface area contributed by atoms with E-state index in [1.54, 1.807) is 0 Å². The zero-order valence-corrected chi connectivity index (χ0v) is 18.2. The van der Waals surface area contributed by atoms with Gasteiger partial charge >= 0.3 is 0 Å². The highest BCUT2D eigenvalue weighted by molar-refractivity contribution is 5.26. The van der Waals surface area contributed by atoms with Crippen molar-refractivity contribution in [3.05, 3.63) is 35.5 Å². The topological polar surface area (TPSA) is 49.7 Å². The molecule has 3 nitrogen and oxygen atoms in total. The molecule has 8 atom stereocenters. The quantitative estimate of drug-likeness (QED) is 0.530. The van der Waals surface area contributed by atoms with Crippen molar-refractivity contribution in [1.82, 2.24) is 0 Å². The molecule has 1 saturated heterocycles. The third kappa shape index (κ3) is 3.24. The van der Waals surface area contributed by atoms with Crippen molar-refractivity contribution in [3.8, 4) is 0 Å². The van der Waals surface area contributed by atoms with Gasteiger partial charge in [-0.1, -0.05) is 43.7 Å². The van der Waals surface area contributed by atoms with Crippen molar-refractivity contribution in [1.29, 1.82) is 0 Å². The summed E-state index contributed by atoms with van der Waals surface area (Å²) in [5.41, 5.74) is 1.91. The van der Waals surface area contributed by atoms with E-state index >= 15 is 0 Å². The van der Waals surface area contributed by atoms with Gasteiger partial charge in [-0.25, -0.2) is 0 Å². The second-order valence-corrected chi connectivity index (χ2v) is 10.9. The van der Waals surface area contributed by atoms with Gasteiger partial charge in [-0.2, -0.15) is 0 Å². The maximum atomic E-state index is 11.2. The molecule has 0 aromatic heterocycles. The Hall–Kier alpha value is -0.900. The van der Waals surface area contributed by atoms with E-state index in [9.17, 15) is 10.2 Å². The summed E-state index contributed by atoms with van der Waals surface area (Å²) in [6.45, 7) is 11.5. The molecule has 28 heavy (non-hydrogen) atoms. The first-order valence-electron chi connectivity index (χ1n) is 11.2. The lowest BCUT2D eigenvalue weighted by atomic mass is 9.63. The minimum atomic E-state index is -1.17. The molecule has 1 heterocycles. The molecular formula is C25H38O3. The highest BCUT2D eigenvalue weighted by Gasteiger charge is 2.65. The van der Waals surface area contributed by atoms with E-state index < -0.39 is 11.4 Å². The van der Waals surface area contributed by atoms with Gasteiger partial charge < -0.3 is 14.9 Å². The van der Waals surface area contributed by atoms with Crippen LogP contribution in [0.2, 0.25) is 0 Å². The third-order valence-corrected chi connectivity index (χ3v) is 8.49. The zero-order valence-electron chi connectivity index (χ0n) is 18.2. The van der Waals surface area contributed by atoms with Gasteiger partial charge in [0.25, 0.3) is 0 Å². The van der Waals surface area contributed by atoms with Crippen LogP contribution < -0.4 is 0 Å². The molecule has 0 aromatic rings. The van der Waals surface area contributed by atoms with Crippen LogP contribution in [-0.2, 0) is 4.74 Å². The van der Waals surface area contributed by atoms with E-state index in [1.807, 2.05) is 6.92 Å². The first-order valence-corrected chi connectivity index (χ1v) is 11.2. The number of rotatable bonds is 3. The van der Waals surface area contributed by atoms with E-state index in [2.05, 4.69) is 52.0 Å². The molecule has 0 bridgehead atoms. The summed E-state index contributed by atoms with van der Waals surface area (Å²) in [5.74, 6) is 0.729. The summed E-state index contributed by atoms with van der Waals surface area (Å²) in [6.07, 6.45) is 14.0. The predicted octanol–water partition coefficient (Wildman–Crippen LogP) is 5.00. The van der Waals surface area contributed by atoms with E-state index in [0.29, 0.717) is 30.8 Å². The van der Waals surface area contributed by atoms with Gasteiger partial charge in [0.1, 0.15) is 0 Å². The van der Waals surface area contributed by atoms with Gasteiger partial charge in [-0.15, -0.1) is 0 Å². The van der Waals surface area contributed by atoms with E-state index in [0.717, 1.165) is 12.8 Å². The van der Waals surface area contributed by atoms with Crippen LogP contribution in [0.5, 0.6) is 0 Å². The maximum absolute atomic E-state index is 11.2. The van der Waals surface area contributed by atoms with Crippen molar-refractivity contribution in [2.75, 3.05) is 6.61 Å². The molecule has 0 spiro atoms. The Morgan fingerprint density at radius 3 is 2.71 bits per heavy atom. The third-order valence-electron chi connectivity index (χ3n) is 8.49. The fourth-order valence-corrected chi connectivity index (χ4v) is 7.03. The number of ether oxygens (including phenoxy) is 1. The summed E-state index contributed by atoms with van der Waals surface area (Å²) in [5, 5.41) is 22.2. The number of hydrogen-bond donors (Lipinski definition) is 2. The number of allylic oxidation sites excluding steroid dienone is 5. The largest absolute Gasteiger partial charge is 0.390 e. The molecule has 3 aliphatic carbocycles. The minimum Gasteiger partial charge on any atom is -0.390 e. The molecule has 1 aliphatic heterocycles. The van der Waals surface area contributed by atoms with Crippen LogP contribution in [0.25, 0.3) is 0 Å². The van der Waals surface area contributed by atoms with Gasteiger partial charge in [-0.3, -0.25) is 0 Å². The zero-order chi connectivity index (χ0) is 20.3. The van der Waals surface area contributed by atoms with E-state index in [-0.39, 0.29) is 17.3 Å². The van der Waals surface area contributed by atoms with Gasteiger partial charge in [-0.05, 0) is 81.1 Å². The first kappa shape index (κ1) is 20.4. The summed E-state index contributed by atoms with van der Waals surface area (Å²) in [7, 11) is 0. The average Bonchev–Trinajstić information content (AvgIpc) is 3.11. The van der Waals surface area contributed by atoms with Crippen LogP contribution in [0.1, 0.15) is 66.7 Å². The Labute approximate surface area is 170 Å². The molecule has 3 fully saturated rings. The van der Waals surface area contributed by atoms with Gasteiger partial charge in [0.15, 0.2) is 5.79 Å². The van der Waals surface area contributed by atoms with Gasteiger partial charge in [0.2, 0.25) is 0 Å². The van der Waals surface area contributed by atoms with Crippen molar-refractivity contribution < 1.29 is 14.9 Å². The molecular weight excluding hydrogens is 348 g/mol. The second-order valence-electron chi connectivity index (χ2n) is 10.9. The Morgan fingerprint density at radius 1 is 1.25 bits per heavy atom. The standard InChI is InChI=1S/C25H38O3/c1-16(2)7-6-8-17(3)19-11-12-23(4)13-21-22-18(9-10-20(19)23)14-28-25(22,27)15-24(21,5)26/h6-9,17,19-22,26-27H,10-15H2,1-5H3/b8-6-,18-9-/t17-,19?,20?,21-,22+,23+,24+,25-/m0/s1. The minimum absolute atomic E-state index is 0.0330. The molecule has 2 N–H and O–H groups in total. The maximum Gasteiger partial charge on any atom is 0.175 e. The van der Waals surface area contributed by atoms with Crippen LogP contribution in [0, 0.1) is 35.0 Å². The summed E-state index contributed by atoms with van der Waals surface area (Å²) in [6, 6.07) is 0. The predicted molar refractivity (Wildman–Crippen MR) is 112 cm³/mol. The molecule has 0 aromatic carbocycles. The first-order chi connectivity index (χ1) is 13.1. The lowest BCUT2D eigenvalue weighted by Crippen LogP contribution is -2.40. The highest BCUT2D eigenvalue weighted by atomic mass is 16.6. The lowest BCUT2D eigenvalue weighted by Gasteiger charge is -2.43. The van der Waals surface area contributed by atoms with Crippen molar-refractivity contribution >= 4 is 0 Å². The number of aliphatic hydroxyl groups is 2. The van der Waals surface area contributed by atoms with Crippen molar-refractivity contribution in [3.63, 3.8) is 0 Å². The fourth-order valence-electron chi connectivity index (χ4n) is 7.03. The second kappa shape index (κ2) is 6.82. The average molecular weight is 387 g/mol. The van der Waals surface area contributed by atoms with Gasteiger partial charge in [0.05, 0.1) is 12.2 Å². The van der Waals surface area contributed by atoms with Crippen molar-refractivity contribution in [2.45, 2.75) is 78.1 Å². The van der Waals surface area contributed by atoms with Crippen LogP contribution in [0.15, 0.2) is 35.5 Å². The summed E-state index contributed by atoms with van der Waals surface area (Å²) >= 11 is 0. The lowest BCUT2D eigenvalue weighted by molar-refractivity contribution is -0.191. The van der Waals surface area contributed by atoms with Crippen LogP contribution in [0.4, 0.5) is 0 Å². The van der Waals surface area contributed by atoms with E-state index in [1.165, 1.54) is 24.0 Å². The van der Waals surface area contributed by atoms with Gasteiger partial charge in [0, 0.05) is 12.3 Å². The summed E-state index contributed by atoms with van der Waals surface area (Å²) in [4.78, 5) is 0. The number of hydrogen-bond acceptors (Lipinski definition) is 3. The molecule has 4 aliphatic rings. The Morgan fingerprint density at radius 2 is 2.00 bits per heavy atom. The Kier molecular flexibility index (Phi) is 4.96. The number of fused-ring (bicyclic) bond motifs is 1. The van der Waals surface area contributed by atoms with E-state index in [4.69, 9.17) is 4.74 Å². The fraction of sp³-hybridized carbons (Fsp3) is 0.760. The normalized spacial score (nSPS) is 50.5. The SMILES string of the molecule is CC(C)=C/C=C\[C@H](C)C1CC[C@]2(C)C[C@H]3[C@H]4/C(=C\CC12)CO[C@@]4(O)C[C@@]3(C)O. The Balaban J connectivity index is 1.63. The monoisotopic (exact) mass is 386 g/mol. The molecule has 0 radical (unpaired) electrons. The highest BCUT2D eigenvalue weighted by Crippen LogP contribution is 2.63. The summed E-state index contributed by atoms with van der Waals surface area (Å²) < 4.78 is 5.84. The van der Waals surface area contributed by atoms with Crippen LogP contribution in [0.3, 0.4) is 0 Å². The van der Waals surface area contributed by atoms with Crippen LogP contribution >= 0.6 is 0 Å². The molecule has 2 unspecified atom stereocenters. The molecule has 156 valence electrons. The molecule has 2 saturated carbocycles. The molecule has 0 amide bonds. The molecule has 3 heteroatoms. The molecule has 4 rings (SSSR count).